The first kappa shape index (κ1) is 19.6. The molecule has 4 rings (SSSR count). The lowest BCUT2D eigenvalue weighted by atomic mass is 10.1. The monoisotopic (exact) mass is 403 g/mol. The van der Waals surface area contributed by atoms with Gasteiger partial charge < -0.3 is 4.74 Å². The van der Waals surface area contributed by atoms with Gasteiger partial charge in [-0.25, -0.2) is 4.39 Å². The van der Waals surface area contributed by atoms with E-state index in [0.29, 0.717) is 5.92 Å². The summed E-state index contributed by atoms with van der Waals surface area (Å²) in [5.74, 6) is 6.74. The van der Waals surface area contributed by atoms with E-state index in [4.69, 9.17) is 4.74 Å². The van der Waals surface area contributed by atoms with Gasteiger partial charge in [0.2, 0.25) is 0 Å². The van der Waals surface area contributed by atoms with E-state index in [2.05, 4.69) is 36.1 Å². The Kier molecular flexibility index (Phi) is 5.65. The molecule has 0 aromatic heterocycles. The van der Waals surface area contributed by atoms with Gasteiger partial charge in [0.05, 0.1) is 10.9 Å². The Morgan fingerprint density at radius 2 is 1.45 bits per heavy atom. The molecule has 0 heterocycles. The number of rotatable bonds is 5. The number of benzene rings is 3. The van der Waals surface area contributed by atoms with E-state index in [1.807, 2.05) is 56.3 Å². The highest BCUT2D eigenvalue weighted by atomic mass is 32.2. The smallest absolute Gasteiger partial charge is 0.170 e. The van der Waals surface area contributed by atoms with Crippen LogP contribution in [0.5, 0.6) is 5.75 Å². The summed E-state index contributed by atoms with van der Waals surface area (Å²) in [5.41, 5.74) is -0.717. The molecule has 0 unspecified atom stereocenters. The molecule has 0 N–H and O–H groups in total. The van der Waals surface area contributed by atoms with Crippen molar-refractivity contribution in [2.75, 3.05) is 0 Å². The Hall–Kier alpha value is -2.70. The van der Waals surface area contributed by atoms with Crippen molar-refractivity contribution in [3.8, 4) is 17.6 Å². The summed E-state index contributed by atoms with van der Waals surface area (Å²) in [5, 5.41) is 0. The zero-order chi connectivity index (χ0) is 20.3. The van der Waals surface area contributed by atoms with Gasteiger partial charge in [0.25, 0.3) is 0 Å². The fraction of sp³-hybridized carbons (Fsp3) is 0.231. The van der Waals surface area contributed by atoms with Gasteiger partial charge in [-0.2, -0.15) is 0 Å². The maximum Gasteiger partial charge on any atom is 0.170 e. The second-order valence-corrected chi connectivity index (χ2v) is 9.71. The minimum atomic E-state index is -0.717. The number of hydrogen-bond donors (Lipinski definition) is 0. The Morgan fingerprint density at radius 1 is 0.862 bits per heavy atom. The third kappa shape index (κ3) is 5.02. The molecule has 1 saturated carbocycles. The summed E-state index contributed by atoms with van der Waals surface area (Å²) >= 11 is 0. The minimum Gasteiger partial charge on any atom is -0.472 e. The largest absolute Gasteiger partial charge is 0.472 e. The SMILES string of the molecule is CC(C)(C#CC1CC1)Oc1ccc([S+](c2ccccc2)c2ccccc2)cc1F. The molecule has 0 amide bonds. The second-order valence-electron chi connectivity index (χ2n) is 7.68. The van der Waals surface area contributed by atoms with E-state index < -0.39 is 5.60 Å². The molecule has 0 saturated heterocycles. The molecule has 3 heteroatoms. The highest BCUT2D eigenvalue weighted by Crippen LogP contribution is 2.34. The van der Waals surface area contributed by atoms with Crippen LogP contribution in [0.1, 0.15) is 26.7 Å². The number of halogens is 1. The van der Waals surface area contributed by atoms with Crippen LogP contribution in [0.15, 0.2) is 93.5 Å². The molecule has 0 spiro atoms. The molecule has 146 valence electrons. The summed E-state index contributed by atoms with van der Waals surface area (Å²) in [7, 11) is -0.381. The quantitative estimate of drug-likeness (QED) is 0.349. The minimum absolute atomic E-state index is 0.244. The van der Waals surface area contributed by atoms with Gasteiger partial charge in [-0.05, 0) is 63.1 Å². The maximum atomic E-state index is 15.0. The van der Waals surface area contributed by atoms with Gasteiger partial charge in [-0.15, -0.1) is 0 Å². The van der Waals surface area contributed by atoms with Gasteiger partial charge in [-0.3, -0.25) is 0 Å². The van der Waals surface area contributed by atoms with Crippen LogP contribution in [-0.2, 0) is 10.9 Å². The van der Waals surface area contributed by atoms with Crippen LogP contribution >= 0.6 is 0 Å². The third-order valence-corrected chi connectivity index (χ3v) is 6.83. The average Bonchev–Trinajstić information content (AvgIpc) is 3.55. The van der Waals surface area contributed by atoms with Gasteiger partial charge >= 0.3 is 0 Å². The molecule has 29 heavy (non-hydrogen) atoms. The molecular weight excluding hydrogens is 379 g/mol. The third-order valence-electron chi connectivity index (χ3n) is 4.62. The normalized spacial score (nSPS) is 13.7. The van der Waals surface area contributed by atoms with Gasteiger partial charge in [0, 0.05) is 12.0 Å². The first-order chi connectivity index (χ1) is 14.0. The number of hydrogen-bond acceptors (Lipinski definition) is 1. The van der Waals surface area contributed by atoms with E-state index in [-0.39, 0.29) is 22.5 Å². The summed E-state index contributed by atoms with van der Waals surface area (Å²) in [6.07, 6.45) is 2.32. The van der Waals surface area contributed by atoms with Crippen LogP contribution in [0.3, 0.4) is 0 Å². The fourth-order valence-corrected chi connectivity index (χ4v) is 5.12. The summed E-state index contributed by atoms with van der Waals surface area (Å²) in [4.78, 5) is 3.24. The highest BCUT2D eigenvalue weighted by molar-refractivity contribution is 7.97. The summed E-state index contributed by atoms with van der Waals surface area (Å²) < 4.78 is 20.9. The van der Waals surface area contributed by atoms with Crippen molar-refractivity contribution in [3.63, 3.8) is 0 Å². The van der Waals surface area contributed by atoms with E-state index >= 15 is 4.39 Å². The molecule has 1 fully saturated rings. The van der Waals surface area contributed by atoms with Crippen LogP contribution < -0.4 is 4.74 Å². The number of ether oxygens (including phenoxy) is 1. The molecule has 0 aliphatic heterocycles. The lowest BCUT2D eigenvalue weighted by Crippen LogP contribution is -2.26. The van der Waals surface area contributed by atoms with Gasteiger partial charge in [-0.1, -0.05) is 48.2 Å². The Labute approximate surface area is 175 Å². The molecular formula is C26H24FOS+. The van der Waals surface area contributed by atoms with Crippen molar-refractivity contribution in [1.82, 2.24) is 0 Å². The molecule has 1 nitrogen and oxygen atoms in total. The van der Waals surface area contributed by atoms with Crippen LogP contribution in [-0.4, -0.2) is 5.60 Å². The molecule has 0 bridgehead atoms. The maximum absolute atomic E-state index is 15.0. The van der Waals surface area contributed by atoms with Crippen molar-refractivity contribution < 1.29 is 9.13 Å². The standard InChI is InChI=1S/C26H24FOS/c1-26(2,18-17-20-13-14-20)28-25-16-15-23(19-24(25)27)29(21-9-5-3-6-10-21)22-11-7-4-8-12-22/h3-12,15-16,19-20H,13-14H2,1-2H3/q+1. The van der Waals surface area contributed by atoms with E-state index in [1.165, 1.54) is 0 Å². The first-order valence-electron chi connectivity index (χ1n) is 9.87. The van der Waals surface area contributed by atoms with Gasteiger partial charge in [0.1, 0.15) is 0 Å². The van der Waals surface area contributed by atoms with Crippen molar-refractivity contribution in [2.24, 2.45) is 5.92 Å². The van der Waals surface area contributed by atoms with Crippen LogP contribution in [0.4, 0.5) is 4.39 Å². The lowest BCUT2D eigenvalue weighted by molar-refractivity contribution is 0.164. The molecule has 0 radical (unpaired) electrons. The van der Waals surface area contributed by atoms with Crippen LogP contribution in [0, 0.1) is 23.6 Å². The average molecular weight is 404 g/mol. The van der Waals surface area contributed by atoms with Crippen molar-refractivity contribution in [2.45, 2.75) is 47.0 Å². The molecule has 3 aromatic rings. The van der Waals surface area contributed by atoms with Crippen molar-refractivity contribution in [3.05, 3.63) is 84.7 Å². The Bertz CT molecular complexity index is 991. The van der Waals surface area contributed by atoms with Crippen molar-refractivity contribution >= 4 is 10.9 Å². The fourth-order valence-electron chi connectivity index (χ4n) is 3.02. The Balaban J connectivity index is 1.65. The van der Waals surface area contributed by atoms with E-state index in [9.17, 15) is 0 Å². The second kappa shape index (κ2) is 8.35. The molecule has 3 aromatic carbocycles. The Morgan fingerprint density at radius 3 is 1.97 bits per heavy atom. The van der Waals surface area contributed by atoms with Gasteiger partial charge in [0.15, 0.2) is 31.9 Å². The zero-order valence-corrected chi connectivity index (χ0v) is 17.5. The topological polar surface area (TPSA) is 9.23 Å². The zero-order valence-electron chi connectivity index (χ0n) is 16.7. The molecule has 0 atom stereocenters. The van der Waals surface area contributed by atoms with E-state index in [0.717, 1.165) is 27.5 Å². The van der Waals surface area contributed by atoms with Crippen molar-refractivity contribution in [1.29, 1.82) is 0 Å². The predicted octanol–water partition coefficient (Wildman–Crippen LogP) is 6.49. The van der Waals surface area contributed by atoms with E-state index in [1.54, 1.807) is 12.1 Å². The summed E-state index contributed by atoms with van der Waals surface area (Å²) in [6.45, 7) is 3.77. The predicted molar refractivity (Wildman–Crippen MR) is 117 cm³/mol. The lowest BCUT2D eigenvalue weighted by Gasteiger charge is -2.21. The molecule has 1 aliphatic carbocycles. The van der Waals surface area contributed by atoms with Crippen LogP contribution in [0.25, 0.3) is 0 Å². The van der Waals surface area contributed by atoms with Crippen LogP contribution in [0.2, 0.25) is 0 Å². The molecule has 1 aliphatic rings. The first-order valence-corrected chi connectivity index (χ1v) is 11.1. The summed E-state index contributed by atoms with van der Waals surface area (Å²) in [6, 6.07) is 25.7. The highest BCUT2D eigenvalue weighted by Gasteiger charge is 2.30.